The summed E-state index contributed by atoms with van der Waals surface area (Å²) in [4.78, 5) is 37.9. The van der Waals surface area contributed by atoms with E-state index in [0.29, 0.717) is 19.3 Å². The number of hydrogen-bond donors (Lipinski definition) is 0. The Morgan fingerprint density at radius 1 is 0.345 bits per heavy atom. The highest BCUT2D eigenvalue weighted by Crippen LogP contribution is 2.18. The third kappa shape index (κ3) is 44.0. The van der Waals surface area contributed by atoms with Crippen LogP contribution in [-0.4, -0.2) is 37.2 Å². The molecule has 0 aliphatic carbocycles. The lowest BCUT2D eigenvalue weighted by Crippen LogP contribution is -2.30. The zero-order chi connectivity index (χ0) is 42.7. The molecule has 0 bridgehead atoms. The number of ether oxygens (including phenoxy) is 3. The van der Waals surface area contributed by atoms with Crippen molar-refractivity contribution in [3.8, 4) is 0 Å². The minimum atomic E-state index is -0.763. The van der Waals surface area contributed by atoms with Gasteiger partial charge in [-0.3, -0.25) is 14.4 Å². The summed E-state index contributed by atoms with van der Waals surface area (Å²) in [5, 5.41) is 0. The summed E-state index contributed by atoms with van der Waals surface area (Å²) in [5.41, 5.74) is 0. The molecule has 0 fully saturated rings. The van der Waals surface area contributed by atoms with Gasteiger partial charge in [-0.1, -0.05) is 241 Å². The number of unbranched alkanes of at least 4 members (excludes halogenated alkanes) is 27. The summed E-state index contributed by atoms with van der Waals surface area (Å²) in [6.45, 7) is 13.7. The summed E-state index contributed by atoms with van der Waals surface area (Å²) in [6, 6.07) is 0. The number of esters is 3. The second kappa shape index (κ2) is 43.5. The largest absolute Gasteiger partial charge is 0.462 e. The van der Waals surface area contributed by atoms with Gasteiger partial charge in [0.25, 0.3) is 0 Å². The Kier molecular flexibility index (Phi) is 42.3. The van der Waals surface area contributed by atoms with E-state index < -0.39 is 6.10 Å². The van der Waals surface area contributed by atoms with Crippen molar-refractivity contribution in [3.05, 3.63) is 0 Å². The van der Waals surface area contributed by atoms with Gasteiger partial charge in [-0.15, -0.1) is 0 Å². The zero-order valence-corrected chi connectivity index (χ0v) is 39.8. The third-order valence-electron chi connectivity index (χ3n) is 12.0. The van der Waals surface area contributed by atoms with Crippen LogP contribution in [0.3, 0.4) is 0 Å². The Hall–Kier alpha value is -1.59. The van der Waals surface area contributed by atoms with Crippen molar-refractivity contribution in [3.63, 3.8) is 0 Å². The molecule has 0 saturated heterocycles. The van der Waals surface area contributed by atoms with Crippen LogP contribution in [0.5, 0.6) is 0 Å². The molecular formula is C52H100O6. The topological polar surface area (TPSA) is 78.9 Å². The quantitative estimate of drug-likeness (QED) is 0.0346. The Morgan fingerprint density at radius 3 is 0.897 bits per heavy atom. The summed E-state index contributed by atoms with van der Waals surface area (Å²) in [6.07, 6.45) is 42.4. The van der Waals surface area contributed by atoms with Gasteiger partial charge in [0.05, 0.1) is 0 Å². The van der Waals surface area contributed by atoms with Crippen LogP contribution in [0.2, 0.25) is 0 Å². The molecule has 0 aliphatic rings. The van der Waals surface area contributed by atoms with Crippen LogP contribution in [0, 0.1) is 17.8 Å². The van der Waals surface area contributed by atoms with E-state index in [9.17, 15) is 14.4 Å². The molecule has 0 rings (SSSR count). The minimum Gasteiger partial charge on any atom is -0.462 e. The molecule has 344 valence electrons. The highest BCUT2D eigenvalue weighted by molar-refractivity contribution is 5.71. The van der Waals surface area contributed by atoms with E-state index in [1.54, 1.807) is 0 Å². The smallest absolute Gasteiger partial charge is 0.306 e. The molecule has 0 radical (unpaired) electrons. The lowest BCUT2D eigenvalue weighted by Gasteiger charge is -2.18. The maximum Gasteiger partial charge on any atom is 0.306 e. The Balaban J connectivity index is 4.26. The average molecular weight is 821 g/mol. The van der Waals surface area contributed by atoms with E-state index in [1.165, 1.54) is 161 Å². The second-order valence-electron chi connectivity index (χ2n) is 19.0. The predicted octanol–water partition coefficient (Wildman–Crippen LogP) is 16.4. The lowest BCUT2D eigenvalue weighted by atomic mass is 9.99. The van der Waals surface area contributed by atoms with Gasteiger partial charge in [-0.05, 0) is 37.0 Å². The van der Waals surface area contributed by atoms with E-state index in [0.717, 1.165) is 75.5 Å². The van der Waals surface area contributed by atoms with Crippen molar-refractivity contribution >= 4 is 17.9 Å². The first-order chi connectivity index (χ1) is 28.1. The van der Waals surface area contributed by atoms with Crippen molar-refractivity contribution < 1.29 is 28.6 Å². The first-order valence-electron chi connectivity index (χ1n) is 25.6. The van der Waals surface area contributed by atoms with E-state index in [4.69, 9.17) is 14.2 Å². The minimum absolute atomic E-state index is 0.0655. The number of carbonyl (C=O) groups is 3. The fourth-order valence-electron chi connectivity index (χ4n) is 7.73. The highest BCUT2D eigenvalue weighted by atomic mass is 16.6. The molecule has 0 aliphatic heterocycles. The molecule has 0 aromatic heterocycles. The SMILES string of the molecule is CCC(C)CCCCCCCCCCCCCCCCC(=O)OC[C@H](COC(=O)CCCCCCCCCCCC(C)C)OC(=O)CCCCCCCCCC(C)C. The van der Waals surface area contributed by atoms with Crippen LogP contribution in [0.1, 0.15) is 279 Å². The first-order valence-corrected chi connectivity index (χ1v) is 25.6. The first kappa shape index (κ1) is 56.4. The fourth-order valence-corrected chi connectivity index (χ4v) is 7.73. The van der Waals surface area contributed by atoms with Gasteiger partial charge >= 0.3 is 17.9 Å². The molecule has 0 saturated carbocycles. The van der Waals surface area contributed by atoms with Crippen LogP contribution in [0.15, 0.2) is 0 Å². The maximum absolute atomic E-state index is 12.7. The Labute approximate surface area is 361 Å². The van der Waals surface area contributed by atoms with E-state index in [2.05, 4.69) is 41.5 Å². The van der Waals surface area contributed by atoms with Gasteiger partial charge < -0.3 is 14.2 Å². The molecule has 2 atom stereocenters. The van der Waals surface area contributed by atoms with Crippen molar-refractivity contribution in [1.29, 1.82) is 0 Å². The van der Waals surface area contributed by atoms with Gasteiger partial charge in [-0.25, -0.2) is 0 Å². The van der Waals surface area contributed by atoms with Crippen molar-refractivity contribution in [2.45, 2.75) is 285 Å². The second-order valence-corrected chi connectivity index (χ2v) is 19.0. The van der Waals surface area contributed by atoms with Crippen LogP contribution in [-0.2, 0) is 28.6 Å². The number of carbonyl (C=O) groups excluding carboxylic acids is 3. The molecule has 0 aromatic carbocycles. The normalized spacial score (nSPS) is 12.6. The van der Waals surface area contributed by atoms with Gasteiger partial charge in [0.2, 0.25) is 0 Å². The fraction of sp³-hybridized carbons (Fsp3) is 0.942. The van der Waals surface area contributed by atoms with Gasteiger partial charge in [-0.2, -0.15) is 0 Å². The number of hydrogen-bond acceptors (Lipinski definition) is 6. The summed E-state index contributed by atoms with van der Waals surface area (Å²) in [5.74, 6) is 1.62. The van der Waals surface area contributed by atoms with Gasteiger partial charge in [0, 0.05) is 19.3 Å². The summed E-state index contributed by atoms with van der Waals surface area (Å²) < 4.78 is 16.8. The molecule has 0 spiro atoms. The molecule has 0 heterocycles. The van der Waals surface area contributed by atoms with E-state index in [-0.39, 0.29) is 31.1 Å². The molecule has 6 nitrogen and oxygen atoms in total. The van der Waals surface area contributed by atoms with Gasteiger partial charge in [0.1, 0.15) is 13.2 Å². The summed E-state index contributed by atoms with van der Waals surface area (Å²) in [7, 11) is 0. The highest BCUT2D eigenvalue weighted by Gasteiger charge is 2.19. The molecule has 1 unspecified atom stereocenters. The molecule has 6 heteroatoms. The summed E-state index contributed by atoms with van der Waals surface area (Å²) >= 11 is 0. The molecular weight excluding hydrogens is 721 g/mol. The monoisotopic (exact) mass is 821 g/mol. The zero-order valence-electron chi connectivity index (χ0n) is 39.8. The van der Waals surface area contributed by atoms with E-state index in [1.807, 2.05) is 0 Å². The van der Waals surface area contributed by atoms with Crippen LogP contribution >= 0.6 is 0 Å². The van der Waals surface area contributed by atoms with Crippen molar-refractivity contribution in [1.82, 2.24) is 0 Å². The Morgan fingerprint density at radius 2 is 0.603 bits per heavy atom. The van der Waals surface area contributed by atoms with E-state index >= 15 is 0 Å². The van der Waals surface area contributed by atoms with Crippen molar-refractivity contribution in [2.75, 3.05) is 13.2 Å². The molecule has 0 N–H and O–H groups in total. The molecule has 0 aromatic rings. The van der Waals surface area contributed by atoms with Crippen molar-refractivity contribution in [2.24, 2.45) is 17.8 Å². The third-order valence-corrected chi connectivity index (χ3v) is 12.0. The molecule has 58 heavy (non-hydrogen) atoms. The van der Waals surface area contributed by atoms with Crippen LogP contribution < -0.4 is 0 Å². The van der Waals surface area contributed by atoms with Crippen LogP contribution in [0.4, 0.5) is 0 Å². The lowest BCUT2D eigenvalue weighted by molar-refractivity contribution is -0.167. The standard InChI is InChI=1S/C52H100O6/c1-7-48(6)40-34-28-22-16-12-10-8-9-11-13-17-23-29-35-41-50(53)56-44-49(58-52(55)43-37-31-25-19-21-27-33-39-47(4)5)45-57-51(54)42-36-30-24-18-14-15-20-26-32-38-46(2)3/h46-49H,7-45H2,1-6H3/t48?,49-/m1/s1. The average Bonchev–Trinajstić information content (AvgIpc) is 3.19. The Bertz CT molecular complexity index is 900. The van der Waals surface area contributed by atoms with Crippen LogP contribution in [0.25, 0.3) is 0 Å². The predicted molar refractivity (Wildman–Crippen MR) is 247 cm³/mol. The number of rotatable bonds is 45. The maximum atomic E-state index is 12.7. The molecule has 0 amide bonds. The van der Waals surface area contributed by atoms with Gasteiger partial charge in [0.15, 0.2) is 6.10 Å².